The minimum Gasteiger partial charge on any atom is -0.497 e. The lowest BCUT2D eigenvalue weighted by Gasteiger charge is -2.24. The van der Waals surface area contributed by atoms with Crippen LogP contribution in [0.4, 0.5) is 5.69 Å². The molecule has 1 aliphatic rings. The van der Waals surface area contributed by atoms with Crippen LogP contribution in [-0.4, -0.2) is 19.7 Å². The van der Waals surface area contributed by atoms with Crippen LogP contribution in [-0.2, 0) is 6.42 Å². The first-order chi connectivity index (χ1) is 6.72. The summed E-state index contributed by atoms with van der Waals surface area (Å²) in [7, 11) is 1.72. The third-order valence-corrected chi connectivity index (χ3v) is 2.85. The zero-order valence-electron chi connectivity index (χ0n) is 9.08. The van der Waals surface area contributed by atoms with Crippen molar-refractivity contribution in [2.75, 3.05) is 18.6 Å². The minimum atomic E-state index is 0.573. The van der Waals surface area contributed by atoms with E-state index in [1.165, 1.54) is 11.3 Å². The summed E-state index contributed by atoms with van der Waals surface area (Å²) >= 11 is 0. The molecule has 1 aromatic carbocycles. The molecule has 2 rings (SSSR count). The van der Waals surface area contributed by atoms with Crippen LogP contribution in [0, 0.1) is 0 Å². The normalized spacial score (nSPS) is 14.7. The summed E-state index contributed by atoms with van der Waals surface area (Å²) in [5, 5.41) is 0. The highest BCUT2D eigenvalue weighted by Crippen LogP contribution is 2.32. The molecular formula is C12H17NO. The van der Waals surface area contributed by atoms with Crippen molar-refractivity contribution in [3.05, 3.63) is 23.8 Å². The van der Waals surface area contributed by atoms with Gasteiger partial charge in [-0.3, -0.25) is 0 Å². The van der Waals surface area contributed by atoms with E-state index in [0.717, 1.165) is 18.7 Å². The molecule has 0 N–H and O–H groups in total. The van der Waals surface area contributed by atoms with Crippen molar-refractivity contribution in [2.45, 2.75) is 26.3 Å². The summed E-state index contributed by atoms with van der Waals surface area (Å²) in [6.07, 6.45) is 1.16. The van der Waals surface area contributed by atoms with Gasteiger partial charge < -0.3 is 9.64 Å². The highest BCUT2D eigenvalue weighted by molar-refractivity contribution is 5.61. The third kappa shape index (κ3) is 1.45. The molecule has 0 amide bonds. The predicted molar refractivity (Wildman–Crippen MR) is 59.2 cm³/mol. The van der Waals surface area contributed by atoms with E-state index in [4.69, 9.17) is 4.74 Å². The molecule has 0 atom stereocenters. The van der Waals surface area contributed by atoms with Crippen LogP contribution in [0.2, 0.25) is 0 Å². The second-order valence-electron chi connectivity index (χ2n) is 4.03. The topological polar surface area (TPSA) is 12.5 Å². The first-order valence-corrected chi connectivity index (χ1v) is 5.16. The molecule has 76 valence electrons. The van der Waals surface area contributed by atoms with Gasteiger partial charge in [0, 0.05) is 24.3 Å². The third-order valence-electron chi connectivity index (χ3n) is 2.85. The second-order valence-corrected chi connectivity index (χ2v) is 4.03. The molecule has 0 spiro atoms. The lowest BCUT2D eigenvalue weighted by Crippen LogP contribution is -2.28. The molecular weight excluding hydrogens is 174 g/mol. The molecule has 0 aliphatic carbocycles. The average molecular weight is 191 g/mol. The fourth-order valence-corrected chi connectivity index (χ4v) is 2.05. The molecule has 0 bridgehead atoms. The van der Waals surface area contributed by atoms with Crippen molar-refractivity contribution in [3.8, 4) is 5.75 Å². The molecule has 0 saturated carbocycles. The number of hydrogen-bond donors (Lipinski definition) is 0. The molecule has 14 heavy (non-hydrogen) atoms. The van der Waals surface area contributed by atoms with Gasteiger partial charge in [-0.05, 0) is 31.9 Å². The van der Waals surface area contributed by atoms with Crippen LogP contribution in [0.15, 0.2) is 18.2 Å². The molecule has 0 aromatic heterocycles. The highest BCUT2D eigenvalue weighted by Gasteiger charge is 2.21. The SMILES string of the molecule is COc1ccc2c(c1)N(C(C)C)CC2. The van der Waals surface area contributed by atoms with Gasteiger partial charge in [-0.1, -0.05) is 6.07 Å². The first-order valence-electron chi connectivity index (χ1n) is 5.16. The maximum Gasteiger partial charge on any atom is 0.120 e. The van der Waals surface area contributed by atoms with Gasteiger partial charge in [0.15, 0.2) is 0 Å². The molecule has 0 saturated heterocycles. The number of nitrogens with zero attached hydrogens (tertiary/aromatic N) is 1. The van der Waals surface area contributed by atoms with Gasteiger partial charge in [-0.15, -0.1) is 0 Å². The van der Waals surface area contributed by atoms with E-state index in [2.05, 4.69) is 30.9 Å². The maximum atomic E-state index is 5.24. The molecule has 0 unspecified atom stereocenters. The van der Waals surface area contributed by atoms with E-state index in [0.29, 0.717) is 6.04 Å². The minimum absolute atomic E-state index is 0.573. The van der Waals surface area contributed by atoms with E-state index in [1.807, 2.05) is 6.07 Å². The Morgan fingerprint density at radius 1 is 1.36 bits per heavy atom. The zero-order chi connectivity index (χ0) is 10.1. The summed E-state index contributed by atoms with van der Waals surface area (Å²) in [6.45, 7) is 5.60. The Morgan fingerprint density at radius 3 is 2.79 bits per heavy atom. The van der Waals surface area contributed by atoms with Gasteiger partial charge in [0.2, 0.25) is 0 Å². The lowest BCUT2D eigenvalue weighted by molar-refractivity contribution is 0.415. The predicted octanol–water partition coefficient (Wildman–Crippen LogP) is 2.47. The number of hydrogen-bond acceptors (Lipinski definition) is 2. The van der Waals surface area contributed by atoms with Crippen LogP contribution < -0.4 is 9.64 Å². The van der Waals surface area contributed by atoms with Crippen LogP contribution >= 0.6 is 0 Å². The molecule has 1 aromatic rings. The summed E-state index contributed by atoms with van der Waals surface area (Å²) < 4.78 is 5.24. The number of rotatable bonds is 2. The van der Waals surface area contributed by atoms with Crippen molar-refractivity contribution in [3.63, 3.8) is 0 Å². The van der Waals surface area contributed by atoms with Crippen LogP contribution in [0.3, 0.4) is 0 Å². The number of methoxy groups -OCH3 is 1. The molecule has 1 aliphatic heterocycles. The van der Waals surface area contributed by atoms with Gasteiger partial charge >= 0.3 is 0 Å². The summed E-state index contributed by atoms with van der Waals surface area (Å²) in [5.41, 5.74) is 2.79. The summed E-state index contributed by atoms with van der Waals surface area (Å²) in [6, 6.07) is 6.94. The average Bonchev–Trinajstić information content (AvgIpc) is 2.59. The highest BCUT2D eigenvalue weighted by atomic mass is 16.5. The van der Waals surface area contributed by atoms with E-state index < -0.39 is 0 Å². The molecule has 2 nitrogen and oxygen atoms in total. The number of anilines is 1. The monoisotopic (exact) mass is 191 g/mol. The quantitative estimate of drug-likeness (QED) is 0.712. The Labute approximate surface area is 85.5 Å². The van der Waals surface area contributed by atoms with Crippen molar-refractivity contribution in [1.29, 1.82) is 0 Å². The summed E-state index contributed by atoms with van der Waals surface area (Å²) in [4.78, 5) is 2.43. The number of fused-ring (bicyclic) bond motifs is 1. The van der Waals surface area contributed by atoms with Gasteiger partial charge in [-0.25, -0.2) is 0 Å². The lowest BCUT2D eigenvalue weighted by atomic mass is 10.1. The van der Waals surface area contributed by atoms with Crippen LogP contribution in [0.25, 0.3) is 0 Å². The summed E-state index contributed by atoms with van der Waals surface area (Å²) in [5.74, 6) is 0.955. The van der Waals surface area contributed by atoms with E-state index >= 15 is 0 Å². The molecule has 1 heterocycles. The van der Waals surface area contributed by atoms with E-state index in [-0.39, 0.29) is 0 Å². The van der Waals surface area contributed by atoms with Gasteiger partial charge in [0.1, 0.15) is 5.75 Å². The van der Waals surface area contributed by atoms with Crippen molar-refractivity contribution < 1.29 is 4.74 Å². The van der Waals surface area contributed by atoms with E-state index in [9.17, 15) is 0 Å². The molecule has 0 fully saturated rings. The zero-order valence-corrected chi connectivity index (χ0v) is 9.08. The Bertz CT molecular complexity index is 333. The van der Waals surface area contributed by atoms with Crippen LogP contribution in [0.5, 0.6) is 5.75 Å². The molecule has 2 heteroatoms. The Morgan fingerprint density at radius 2 is 2.14 bits per heavy atom. The standard InChI is InChI=1S/C12H17NO/c1-9(2)13-7-6-10-4-5-11(14-3)8-12(10)13/h4-5,8-9H,6-7H2,1-3H3. The van der Waals surface area contributed by atoms with Crippen molar-refractivity contribution >= 4 is 5.69 Å². The van der Waals surface area contributed by atoms with Gasteiger partial charge in [0.05, 0.1) is 7.11 Å². The smallest absolute Gasteiger partial charge is 0.120 e. The fourth-order valence-electron chi connectivity index (χ4n) is 2.05. The number of benzene rings is 1. The van der Waals surface area contributed by atoms with Crippen molar-refractivity contribution in [1.82, 2.24) is 0 Å². The largest absolute Gasteiger partial charge is 0.497 e. The Balaban J connectivity index is 2.37. The van der Waals surface area contributed by atoms with Gasteiger partial charge in [-0.2, -0.15) is 0 Å². The maximum absolute atomic E-state index is 5.24. The number of ether oxygens (including phenoxy) is 1. The fraction of sp³-hybridized carbons (Fsp3) is 0.500. The Kier molecular flexibility index (Phi) is 2.36. The Hall–Kier alpha value is -1.18. The van der Waals surface area contributed by atoms with Crippen LogP contribution in [0.1, 0.15) is 19.4 Å². The molecule has 0 radical (unpaired) electrons. The van der Waals surface area contributed by atoms with Gasteiger partial charge in [0.25, 0.3) is 0 Å². The van der Waals surface area contributed by atoms with Crippen molar-refractivity contribution in [2.24, 2.45) is 0 Å². The first kappa shape index (κ1) is 9.38. The second kappa shape index (κ2) is 3.52. The van der Waals surface area contributed by atoms with E-state index in [1.54, 1.807) is 7.11 Å².